The summed E-state index contributed by atoms with van der Waals surface area (Å²) in [5.74, 6) is -0.0370. The minimum atomic E-state index is -0.120. The van der Waals surface area contributed by atoms with Crippen LogP contribution in [-0.2, 0) is 22.7 Å². The number of rotatable bonds is 6. The van der Waals surface area contributed by atoms with Crippen molar-refractivity contribution in [1.82, 2.24) is 25.0 Å². The number of carbonyl (C=O) groups is 2. The maximum atomic E-state index is 12.2. The fourth-order valence-corrected chi connectivity index (χ4v) is 3.00. The third-order valence-corrected chi connectivity index (χ3v) is 4.40. The molecule has 1 aromatic carbocycles. The predicted molar refractivity (Wildman–Crippen MR) is 92.5 cm³/mol. The van der Waals surface area contributed by atoms with Crippen molar-refractivity contribution >= 4 is 11.8 Å². The molecule has 7 heteroatoms. The van der Waals surface area contributed by atoms with Gasteiger partial charge in [-0.05, 0) is 24.0 Å². The number of nitrogens with zero attached hydrogens (tertiary/aromatic N) is 4. The van der Waals surface area contributed by atoms with E-state index in [4.69, 9.17) is 0 Å². The van der Waals surface area contributed by atoms with Crippen molar-refractivity contribution in [3.05, 3.63) is 48.0 Å². The van der Waals surface area contributed by atoms with E-state index in [2.05, 4.69) is 15.4 Å². The van der Waals surface area contributed by atoms with E-state index in [0.29, 0.717) is 26.1 Å². The minimum absolute atomic E-state index is 0.0826. The molecule has 0 saturated carbocycles. The second kappa shape index (κ2) is 8.41. The van der Waals surface area contributed by atoms with Crippen molar-refractivity contribution < 1.29 is 9.59 Å². The smallest absolute Gasteiger partial charge is 0.239 e. The summed E-state index contributed by atoms with van der Waals surface area (Å²) in [5, 5.41) is 7.05. The Bertz CT molecular complexity index is 714. The SMILES string of the molecule is O=C(CN1CCCCCC1=O)NCc1ccccc1Cn1cncn1. The number of hydrogen-bond donors (Lipinski definition) is 1. The lowest BCUT2D eigenvalue weighted by Crippen LogP contribution is -2.40. The fraction of sp³-hybridized carbons (Fsp3) is 0.444. The van der Waals surface area contributed by atoms with Crippen LogP contribution in [0.25, 0.3) is 0 Å². The van der Waals surface area contributed by atoms with E-state index in [0.717, 1.165) is 30.4 Å². The van der Waals surface area contributed by atoms with Gasteiger partial charge >= 0.3 is 0 Å². The summed E-state index contributed by atoms with van der Waals surface area (Å²) in [6.45, 7) is 1.86. The molecule has 0 radical (unpaired) electrons. The highest BCUT2D eigenvalue weighted by atomic mass is 16.2. The summed E-state index contributed by atoms with van der Waals surface area (Å²) in [7, 11) is 0. The summed E-state index contributed by atoms with van der Waals surface area (Å²) < 4.78 is 1.75. The zero-order chi connectivity index (χ0) is 17.5. The maximum absolute atomic E-state index is 12.2. The van der Waals surface area contributed by atoms with Gasteiger partial charge in [-0.25, -0.2) is 9.67 Å². The number of hydrogen-bond acceptors (Lipinski definition) is 4. The molecule has 2 amide bonds. The van der Waals surface area contributed by atoms with Crippen LogP contribution in [0.3, 0.4) is 0 Å². The Labute approximate surface area is 147 Å². The van der Waals surface area contributed by atoms with E-state index < -0.39 is 0 Å². The number of amides is 2. The molecule has 0 aliphatic carbocycles. The molecule has 1 saturated heterocycles. The molecule has 132 valence electrons. The highest BCUT2D eigenvalue weighted by molar-refractivity contribution is 5.84. The van der Waals surface area contributed by atoms with E-state index in [1.165, 1.54) is 6.33 Å². The second-order valence-electron chi connectivity index (χ2n) is 6.26. The largest absolute Gasteiger partial charge is 0.350 e. The van der Waals surface area contributed by atoms with Crippen molar-refractivity contribution in [2.75, 3.05) is 13.1 Å². The molecule has 0 spiro atoms. The third kappa shape index (κ3) is 4.89. The first-order valence-corrected chi connectivity index (χ1v) is 8.66. The van der Waals surface area contributed by atoms with Crippen LogP contribution in [0.2, 0.25) is 0 Å². The molecule has 3 rings (SSSR count). The van der Waals surface area contributed by atoms with E-state index >= 15 is 0 Å². The summed E-state index contributed by atoms with van der Waals surface area (Å²) in [5.41, 5.74) is 2.12. The number of likely N-dealkylation sites (tertiary alicyclic amines) is 1. The molecule has 2 aromatic rings. The van der Waals surface area contributed by atoms with E-state index in [1.807, 2.05) is 24.3 Å². The molecule has 1 aliphatic rings. The Morgan fingerprint density at radius 2 is 2.00 bits per heavy atom. The highest BCUT2D eigenvalue weighted by Crippen LogP contribution is 2.12. The maximum Gasteiger partial charge on any atom is 0.239 e. The first-order chi connectivity index (χ1) is 12.2. The normalized spacial score (nSPS) is 15.0. The summed E-state index contributed by atoms with van der Waals surface area (Å²) in [4.78, 5) is 29.8. The fourth-order valence-electron chi connectivity index (χ4n) is 3.00. The highest BCUT2D eigenvalue weighted by Gasteiger charge is 2.19. The Morgan fingerprint density at radius 1 is 1.16 bits per heavy atom. The molecule has 2 heterocycles. The zero-order valence-electron chi connectivity index (χ0n) is 14.2. The molecular formula is C18H23N5O2. The minimum Gasteiger partial charge on any atom is -0.350 e. The second-order valence-corrected chi connectivity index (χ2v) is 6.26. The van der Waals surface area contributed by atoms with Crippen LogP contribution in [0.5, 0.6) is 0 Å². The summed E-state index contributed by atoms with van der Waals surface area (Å²) in [6.07, 6.45) is 6.67. The standard InChI is InChI=1S/C18H23N5O2/c24-17(12-22-9-5-1-2-8-18(22)25)20-10-15-6-3-4-7-16(15)11-23-14-19-13-21-23/h3-4,6-7,13-14H,1-2,5,8-12H2,(H,20,24). The van der Waals surface area contributed by atoms with Gasteiger partial charge in [-0.2, -0.15) is 5.10 Å². The van der Waals surface area contributed by atoms with Crippen LogP contribution in [0, 0.1) is 0 Å². The van der Waals surface area contributed by atoms with Gasteiger partial charge in [-0.15, -0.1) is 0 Å². The average molecular weight is 341 g/mol. The van der Waals surface area contributed by atoms with Crippen LogP contribution in [0.4, 0.5) is 0 Å². The van der Waals surface area contributed by atoms with Crippen molar-refractivity contribution in [3.8, 4) is 0 Å². The monoisotopic (exact) mass is 341 g/mol. The van der Waals surface area contributed by atoms with Crippen LogP contribution in [0.1, 0.15) is 36.8 Å². The van der Waals surface area contributed by atoms with Gasteiger partial charge in [0.25, 0.3) is 0 Å². The van der Waals surface area contributed by atoms with Crippen molar-refractivity contribution in [2.45, 2.75) is 38.8 Å². The molecular weight excluding hydrogens is 318 g/mol. The van der Waals surface area contributed by atoms with Crippen LogP contribution in [-0.4, -0.2) is 44.6 Å². The third-order valence-electron chi connectivity index (χ3n) is 4.40. The molecule has 0 unspecified atom stereocenters. The zero-order valence-corrected chi connectivity index (χ0v) is 14.2. The van der Waals surface area contributed by atoms with E-state index in [-0.39, 0.29) is 18.4 Å². The van der Waals surface area contributed by atoms with Crippen LogP contribution >= 0.6 is 0 Å². The Kier molecular flexibility index (Phi) is 5.77. The topological polar surface area (TPSA) is 80.1 Å². The molecule has 1 aliphatic heterocycles. The Hall–Kier alpha value is -2.70. The molecule has 1 N–H and O–H groups in total. The predicted octanol–water partition coefficient (Wildman–Crippen LogP) is 1.35. The Balaban J connectivity index is 1.56. The Morgan fingerprint density at radius 3 is 2.80 bits per heavy atom. The van der Waals surface area contributed by atoms with Gasteiger partial charge in [-0.3, -0.25) is 9.59 Å². The lowest BCUT2D eigenvalue weighted by molar-refractivity contribution is -0.135. The number of benzene rings is 1. The van der Waals surface area contributed by atoms with Gasteiger partial charge in [-0.1, -0.05) is 30.7 Å². The molecule has 1 fully saturated rings. The summed E-state index contributed by atoms with van der Waals surface area (Å²) >= 11 is 0. The van der Waals surface area contributed by atoms with Crippen LogP contribution < -0.4 is 5.32 Å². The molecule has 0 atom stereocenters. The van der Waals surface area contributed by atoms with E-state index in [9.17, 15) is 9.59 Å². The van der Waals surface area contributed by atoms with Gasteiger partial charge in [0.05, 0.1) is 13.1 Å². The van der Waals surface area contributed by atoms with Gasteiger partial charge in [0.1, 0.15) is 12.7 Å². The summed E-state index contributed by atoms with van der Waals surface area (Å²) in [6, 6.07) is 7.92. The molecule has 25 heavy (non-hydrogen) atoms. The quantitative estimate of drug-likeness (QED) is 0.860. The first-order valence-electron chi connectivity index (χ1n) is 8.66. The number of aromatic nitrogens is 3. The first kappa shape index (κ1) is 17.1. The van der Waals surface area contributed by atoms with Gasteiger partial charge in [0.2, 0.25) is 11.8 Å². The van der Waals surface area contributed by atoms with Gasteiger partial charge in [0.15, 0.2) is 0 Å². The lowest BCUT2D eigenvalue weighted by Gasteiger charge is -2.20. The average Bonchev–Trinajstić information content (AvgIpc) is 3.04. The molecule has 7 nitrogen and oxygen atoms in total. The lowest BCUT2D eigenvalue weighted by atomic mass is 10.1. The number of nitrogens with one attached hydrogen (secondary N) is 1. The van der Waals surface area contributed by atoms with Crippen molar-refractivity contribution in [2.24, 2.45) is 0 Å². The molecule has 0 bridgehead atoms. The van der Waals surface area contributed by atoms with E-state index in [1.54, 1.807) is 15.9 Å². The molecule has 1 aromatic heterocycles. The van der Waals surface area contributed by atoms with Crippen LogP contribution in [0.15, 0.2) is 36.9 Å². The van der Waals surface area contributed by atoms with Gasteiger partial charge < -0.3 is 10.2 Å². The van der Waals surface area contributed by atoms with Crippen molar-refractivity contribution in [3.63, 3.8) is 0 Å². The van der Waals surface area contributed by atoms with Crippen molar-refractivity contribution in [1.29, 1.82) is 0 Å². The number of carbonyl (C=O) groups excluding carboxylic acids is 2. The van der Waals surface area contributed by atoms with Gasteiger partial charge in [0, 0.05) is 19.5 Å².